The van der Waals surface area contributed by atoms with E-state index < -0.39 is 36.3 Å². The van der Waals surface area contributed by atoms with Crippen LogP contribution < -0.4 is 26.6 Å². The number of anilines is 1. The van der Waals surface area contributed by atoms with E-state index in [0.29, 0.717) is 36.2 Å². The summed E-state index contributed by atoms with van der Waals surface area (Å²) in [4.78, 5) is 53.8. The van der Waals surface area contributed by atoms with Crippen molar-refractivity contribution in [2.24, 2.45) is 11.7 Å². The lowest BCUT2D eigenvalue weighted by atomic mass is 9.91. The third-order valence-electron chi connectivity index (χ3n) is 6.71. The summed E-state index contributed by atoms with van der Waals surface area (Å²) in [5.74, 6) is -3.47. The maximum atomic E-state index is 13.8. The van der Waals surface area contributed by atoms with Crippen LogP contribution in [-0.2, 0) is 14.4 Å². The Morgan fingerprint density at radius 3 is 2.35 bits per heavy atom. The van der Waals surface area contributed by atoms with Crippen molar-refractivity contribution in [3.63, 3.8) is 0 Å². The van der Waals surface area contributed by atoms with Crippen molar-refractivity contribution >= 4 is 35.2 Å². The number of para-hydroxylation sites is 1. The number of carboxylic acid groups (broad SMARTS) is 1. The number of ketones is 1. The van der Waals surface area contributed by atoms with Gasteiger partial charge >= 0.3 is 5.97 Å². The standard InChI is InChI=1S/C29H36N6O5/c1-32-23(13-8-15-33-29(30)31)27(39)34-25(26(38)19-9-4-2-5-10-19)20-14-16-35(22-11-6-3-7-12-22)28(40)21(17-20)18-24(36)37/h2-7,9-12,17,21,23,25,32H,8,13-16,18H2,1H3,(H,34,39)(H,36,37)(H4,30,31,33)/t21?,23-,25?/m0/s1. The smallest absolute Gasteiger partial charge is 0.304 e. The van der Waals surface area contributed by atoms with Gasteiger partial charge in [-0.1, -0.05) is 54.6 Å². The molecule has 1 heterocycles. The van der Waals surface area contributed by atoms with Gasteiger partial charge in [-0.2, -0.15) is 0 Å². The summed E-state index contributed by atoms with van der Waals surface area (Å²) in [6.07, 6.45) is 2.30. The molecule has 0 fully saturated rings. The molecule has 0 radical (unpaired) electrons. The number of carbonyl (C=O) groups excluding carboxylic acids is 3. The Hall–Kier alpha value is -4.51. The lowest BCUT2D eigenvalue weighted by Gasteiger charge is -2.25. The van der Waals surface area contributed by atoms with Gasteiger partial charge in [0.1, 0.15) is 6.04 Å². The number of Topliss-reactive ketones (excluding diaryl/α,β-unsaturated/α-hetero) is 1. The van der Waals surface area contributed by atoms with Crippen molar-refractivity contribution in [2.75, 3.05) is 25.0 Å². The Labute approximate surface area is 233 Å². The van der Waals surface area contributed by atoms with Crippen LogP contribution in [-0.4, -0.2) is 66.9 Å². The molecule has 2 aromatic rings. The first kappa shape index (κ1) is 30.0. The minimum Gasteiger partial charge on any atom is -0.481 e. The summed E-state index contributed by atoms with van der Waals surface area (Å²) >= 11 is 0. The molecule has 2 amide bonds. The van der Waals surface area contributed by atoms with E-state index in [1.165, 1.54) is 11.0 Å². The Morgan fingerprint density at radius 1 is 1.10 bits per heavy atom. The lowest BCUT2D eigenvalue weighted by molar-refractivity contribution is -0.139. The van der Waals surface area contributed by atoms with E-state index in [2.05, 4.69) is 16.0 Å². The second-order valence-corrected chi connectivity index (χ2v) is 9.52. The number of carbonyl (C=O) groups is 4. The molecule has 40 heavy (non-hydrogen) atoms. The van der Waals surface area contributed by atoms with Crippen LogP contribution in [0.3, 0.4) is 0 Å². The van der Waals surface area contributed by atoms with Crippen molar-refractivity contribution in [2.45, 2.75) is 37.8 Å². The monoisotopic (exact) mass is 548 g/mol. The van der Waals surface area contributed by atoms with Gasteiger partial charge in [-0.3, -0.25) is 24.6 Å². The Balaban J connectivity index is 1.93. The highest BCUT2D eigenvalue weighted by molar-refractivity contribution is 6.05. The van der Waals surface area contributed by atoms with Crippen molar-refractivity contribution in [1.82, 2.24) is 16.0 Å². The van der Waals surface area contributed by atoms with Crippen LogP contribution in [0.25, 0.3) is 0 Å². The number of hydrogen-bond acceptors (Lipinski definition) is 6. The van der Waals surface area contributed by atoms with Gasteiger partial charge in [-0.15, -0.1) is 0 Å². The van der Waals surface area contributed by atoms with Gasteiger partial charge in [0, 0.05) is 24.3 Å². The van der Waals surface area contributed by atoms with Gasteiger partial charge in [0.2, 0.25) is 11.8 Å². The predicted octanol–water partition coefficient (Wildman–Crippen LogP) is 1.66. The molecular weight excluding hydrogens is 512 g/mol. The molecule has 0 saturated carbocycles. The molecule has 2 unspecified atom stereocenters. The third-order valence-corrected chi connectivity index (χ3v) is 6.71. The number of nitrogens with one attached hydrogen (secondary N) is 4. The van der Waals surface area contributed by atoms with Crippen molar-refractivity contribution in [1.29, 1.82) is 5.41 Å². The van der Waals surface area contributed by atoms with E-state index in [1.54, 1.807) is 61.6 Å². The molecule has 212 valence electrons. The number of rotatable bonds is 13. The fraction of sp³-hybridized carbons (Fsp3) is 0.345. The summed E-state index contributed by atoms with van der Waals surface area (Å²) < 4.78 is 0. The number of guanidine groups is 1. The van der Waals surface area contributed by atoms with Gasteiger partial charge in [0.15, 0.2) is 11.7 Å². The van der Waals surface area contributed by atoms with E-state index in [-0.39, 0.29) is 30.6 Å². The molecule has 0 spiro atoms. The van der Waals surface area contributed by atoms with Crippen LogP contribution in [0.1, 0.15) is 36.0 Å². The van der Waals surface area contributed by atoms with Crippen molar-refractivity contribution < 1.29 is 24.3 Å². The normalized spacial score (nSPS) is 16.7. The van der Waals surface area contributed by atoms with Gasteiger partial charge in [-0.05, 0) is 44.0 Å². The van der Waals surface area contributed by atoms with Gasteiger partial charge < -0.3 is 31.7 Å². The molecule has 3 rings (SSSR count). The van der Waals surface area contributed by atoms with Crippen LogP contribution in [0.2, 0.25) is 0 Å². The van der Waals surface area contributed by atoms with Gasteiger partial charge in [-0.25, -0.2) is 0 Å². The number of amides is 2. The molecule has 7 N–H and O–H groups in total. The number of benzene rings is 2. The summed E-state index contributed by atoms with van der Waals surface area (Å²) in [6.45, 7) is 0.623. The van der Waals surface area contributed by atoms with Gasteiger partial charge in [0.05, 0.1) is 18.4 Å². The molecule has 11 nitrogen and oxygen atoms in total. The van der Waals surface area contributed by atoms with Crippen LogP contribution in [0.15, 0.2) is 72.3 Å². The molecule has 0 aliphatic carbocycles. The zero-order valence-corrected chi connectivity index (χ0v) is 22.4. The van der Waals surface area contributed by atoms with Gasteiger partial charge in [0.25, 0.3) is 0 Å². The largest absolute Gasteiger partial charge is 0.481 e. The number of hydrogen-bond donors (Lipinski definition) is 6. The first-order valence-corrected chi connectivity index (χ1v) is 13.1. The van der Waals surface area contributed by atoms with E-state index in [9.17, 15) is 24.3 Å². The number of nitrogens with zero attached hydrogens (tertiary/aromatic N) is 1. The van der Waals surface area contributed by atoms with Crippen molar-refractivity contribution in [3.8, 4) is 0 Å². The summed E-state index contributed by atoms with van der Waals surface area (Å²) in [6, 6.07) is 15.7. The maximum absolute atomic E-state index is 13.8. The second kappa shape index (κ2) is 14.6. The number of nitrogens with two attached hydrogens (primary N) is 1. The fourth-order valence-corrected chi connectivity index (χ4v) is 4.68. The average Bonchev–Trinajstić information content (AvgIpc) is 3.10. The highest BCUT2D eigenvalue weighted by Gasteiger charge is 2.34. The van der Waals surface area contributed by atoms with E-state index >= 15 is 0 Å². The van der Waals surface area contributed by atoms with Crippen LogP contribution in [0.4, 0.5) is 5.69 Å². The summed E-state index contributed by atoms with van der Waals surface area (Å²) in [5.41, 5.74) is 6.81. The number of likely N-dealkylation sites (N-methyl/N-ethyl adjacent to an activating group) is 1. The summed E-state index contributed by atoms with van der Waals surface area (Å²) in [5, 5.41) is 25.4. The minimum atomic E-state index is -1.15. The zero-order valence-electron chi connectivity index (χ0n) is 22.4. The Bertz CT molecular complexity index is 1230. The molecule has 0 saturated heterocycles. The first-order valence-electron chi connectivity index (χ1n) is 13.1. The molecule has 0 bridgehead atoms. The molecular formula is C29H36N6O5. The van der Waals surface area contributed by atoms with E-state index in [1.807, 2.05) is 6.07 Å². The SMILES string of the molecule is CN[C@@H](CCCNC(=N)N)C(=O)NC(C(=O)c1ccccc1)C1=CC(CC(=O)O)C(=O)N(c2ccccc2)CC1. The van der Waals surface area contributed by atoms with E-state index in [0.717, 1.165) is 0 Å². The Morgan fingerprint density at radius 2 is 1.75 bits per heavy atom. The molecule has 3 atom stereocenters. The quantitative estimate of drug-likeness (QED) is 0.0719. The van der Waals surface area contributed by atoms with Crippen LogP contribution in [0, 0.1) is 11.3 Å². The molecule has 1 aliphatic heterocycles. The first-order chi connectivity index (χ1) is 19.2. The fourth-order valence-electron chi connectivity index (χ4n) is 4.68. The third kappa shape index (κ3) is 8.24. The number of aliphatic carboxylic acids is 1. The second-order valence-electron chi connectivity index (χ2n) is 9.52. The number of carboxylic acids is 1. The maximum Gasteiger partial charge on any atom is 0.304 e. The lowest BCUT2D eigenvalue weighted by Crippen LogP contribution is -2.50. The minimum absolute atomic E-state index is 0.158. The van der Waals surface area contributed by atoms with Crippen molar-refractivity contribution in [3.05, 3.63) is 77.9 Å². The molecule has 11 heteroatoms. The molecule has 0 aromatic heterocycles. The zero-order chi connectivity index (χ0) is 29.1. The predicted molar refractivity (Wildman–Crippen MR) is 152 cm³/mol. The summed E-state index contributed by atoms with van der Waals surface area (Å²) in [7, 11) is 1.64. The highest BCUT2D eigenvalue weighted by Crippen LogP contribution is 2.27. The van der Waals surface area contributed by atoms with Crippen LogP contribution in [0.5, 0.6) is 0 Å². The average molecular weight is 549 g/mol. The van der Waals surface area contributed by atoms with Crippen LogP contribution >= 0.6 is 0 Å². The molecule has 2 aromatic carbocycles. The highest BCUT2D eigenvalue weighted by atomic mass is 16.4. The van der Waals surface area contributed by atoms with E-state index in [4.69, 9.17) is 11.1 Å². The Kier molecular flexibility index (Phi) is 11.0. The molecule has 1 aliphatic rings. The topological polar surface area (TPSA) is 178 Å².